The van der Waals surface area contributed by atoms with Crippen molar-refractivity contribution in [1.29, 1.82) is 0 Å². The number of morpholine rings is 1. The second-order valence-corrected chi connectivity index (χ2v) is 6.74. The molecule has 2 unspecified atom stereocenters. The first kappa shape index (κ1) is 13.6. The van der Waals surface area contributed by atoms with Gasteiger partial charge in [-0.25, -0.2) is 0 Å². The smallest absolute Gasteiger partial charge is 0.0904 e. The molecule has 0 aromatic carbocycles. The van der Waals surface area contributed by atoms with E-state index in [1.54, 1.807) is 0 Å². The minimum atomic E-state index is 0.294. The van der Waals surface area contributed by atoms with Crippen LogP contribution in [0.1, 0.15) is 35.6 Å². The van der Waals surface area contributed by atoms with Gasteiger partial charge in [-0.2, -0.15) is 0 Å². The number of aryl methyl sites for hydroxylation is 1. The molecule has 2 atom stereocenters. The van der Waals surface area contributed by atoms with Crippen molar-refractivity contribution in [3.05, 3.63) is 21.9 Å². The SMILES string of the molecule is CCc1ccc(C2C(CNC)OCCN2C2CC2)s1. The molecule has 1 aliphatic heterocycles. The predicted octanol–water partition coefficient (Wildman–Crippen LogP) is 2.43. The Labute approximate surface area is 119 Å². The number of likely N-dealkylation sites (N-methyl/N-ethyl adjacent to an activating group) is 1. The van der Waals surface area contributed by atoms with Crippen molar-refractivity contribution in [2.24, 2.45) is 0 Å². The number of hydrogen-bond acceptors (Lipinski definition) is 4. The van der Waals surface area contributed by atoms with Gasteiger partial charge < -0.3 is 10.1 Å². The van der Waals surface area contributed by atoms with Gasteiger partial charge in [0.1, 0.15) is 0 Å². The maximum Gasteiger partial charge on any atom is 0.0904 e. The molecule has 2 fully saturated rings. The van der Waals surface area contributed by atoms with Gasteiger partial charge in [0.15, 0.2) is 0 Å². The maximum absolute atomic E-state index is 6.04. The third kappa shape index (κ3) is 2.87. The van der Waals surface area contributed by atoms with Gasteiger partial charge in [0.05, 0.1) is 18.8 Å². The molecule has 3 rings (SSSR count). The van der Waals surface area contributed by atoms with Crippen LogP contribution < -0.4 is 5.32 Å². The van der Waals surface area contributed by atoms with Crippen LogP contribution in [0.5, 0.6) is 0 Å². The molecule has 19 heavy (non-hydrogen) atoms. The van der Waals surface area contributed by atoms with Crippen molar-refractivity contribution < 1.29 is 4.74 Å². The lowest BCUT2D eigenvalue weighted by Gasteiger charge is -2.41. The molecule has 106 valence electrons. The van der Waals surface area contributed by atoms with Crippen molar-refractivity contribution in [3.63, 3.8) is 0 Å². The monoisotopic (exact) mass is 280 g/mol. The van der Waals surface area contributed by atoms with Crippen LogP contribution >= 0.6 is 11.3 Å². The van der Waals surface area contributed by atoms with E-state index in [2.05, 4.69) is 29.3 Å². The molecule has 1 aromatic rings. The summed E-state index contributed by atoms with van der Waals surface area (Å²) < 4.78 is 6.04. The van der Waals surface area contributed by atoms with Crippen LogP contribution in [0, 0.1) is 0 Å². The van der Waals surface area contributed by atoms with Gasteiger partial charge in [-0.1, -0.05) is 6.92 Å². The lowest BCUT2D eigenvalue weighted by Crippen LogP contribution is -2.49. The van der Waals surface area contributed by atoms with Crippen molar-refractivity contribution in [2.45, 2.75) is 44.4 Å². The number of hydrogen-bond donors (Lipinski definition) is 1. The number of thiophene rings is 1. The molecule has 1 N–H and O–H groups in total. The summed E-state index contributed by atoms with van der Waals surface area (Å²) in [5, 5.41) is 3.29. The van der Waals surface area contributed by atoms with Gasteiger partial charge in [0.2, 0.25) is 0 Å². The van der Waals surface area contributed by atoms with Gasteiger partial charge in [0.25, 0.3) is 0 Å². The topological polar surface area (TPSA) is 24.5 Å². The highest BCUT2D eigenvalue weighted by atomic mass is 32.1. The summed E-state index contributed by atoms with van der Waals surface area (Å²) in [5.74, 6) is 0. The second-order valence-electron chi connectivity index (χ2n) is 5.54. The lowest BCUT2D eigenvalue weighted by atomic mass is 10.0. The highest BCUT2D eigenvalue weighted by molar-refractivity contribution is 7.12. The first-order valence-electron chi connectivity index (χ1n) is 7.44. The molecular weight excluding hydrogens is 256 g/mol. The molecule has 0 bridgehead atoms. The van der Waals surface area contributed by atoms with Gasteiger partial charge in [0, 0.05) is 28.9 Å². The molecule has 1 saturated heterocycles. The van der Waals surface area contributed by atoms with Crippen LogP contribution in [0.2, 0.25) is 0 Å². The molecule has 0 radical (unpaired) electrons. The van der Waals surface area contributed by atoms with Crippen LogP contribution in [0.3, 0.4) is 0 Å². The van der Waals surface area contributed by atoms with Gasteiger partial charge in [-0.05, 0) is 38.4 Å². The molecule has 1 aliphatic carbocycles. The zero-order valence-electron chi connectivity index (χ0n) is 11.9. The quantitative estimate of drug-likeness (QED) is 0.896. The summed E-state index contributed by atoms with van der Waals surface area (Å²) in [6.07, 6.45) is 4.17. The van der Waals surface area contributed by atoms with Crippen LogP contribution in [0.4, 0.5) is 0 Å². The van der Waals surface area contributed by atoms with E-state index in [9.17, 15) is 0 Å². The van der Waals surface area contributed by atoms with Crippen molar-refractivity contribution >= 4 is 11.3 Å². The largest absolute Gasteiger partial charge is 0.374 e. The molecule has 0 spiro atoms. The minimum Gasteiger partial charge on any atom is -0.374 e. The fourth-order valence-electron chi connectivity index (χ4n) is 3.03. The summed E-state index contributed by atoms with van der Waals surface area (Å²) in [5.41, 5.74) is 0. The van der Waals surface area contributed by atoms with E-state index in [-0.39, 0.29) is 0 Å². The normalized spacial score (nSPS) is 28.7. The molecule has 2 heterocycles. The van der Waals surface area contributed by atoms with E-state index in [1.165, 1.54) is 22.6 Å². The fourth-order valence-corrected chi connectivity index (χ4v) is 4.16. The number of ether oxygens (including phenoxy) is 1. The van der Waals surface area contributed by atoms with Gasteiger partial charge >= 0.3 is 0 Å². The van der Waals surface area contributed by atoms with Gasteiger partial charge in [-0.15, -0.1) is 11.3 Å². The third-order valence-corrected chi connectivity index (χ3v) is 5.43. The summed E-state index contributed by atoms with van der Waals surface area (Å²) >= 11 is 1.97. The molecule has 1 saturated carbocycles. The second kappa shape index (κ2) is 5.92. The Morgan fingerprint density at radius 3 is 2.89 bits per heavy atom. The minimum absolute atomic E-state index is 0.294. The standard InChI is InChI=1S/C15H24N2OS/c1-3-12-6-7-14(19-12)15-13(10-16-2)18-9-8-17(15)11-4-5-11/h6-7,11,13,15-16H,3-5,8-10H2,1-2H3. The highest BCUT2D eigenvalue weighted by Gasteiger charge is 2.41. The molecule has 2 aliphatic rings. The summed E-state index contributed by atoms with van der Waals surface area (Å²) in [7, 11) is 2.02. The molecule has 1 aromatic heterocycles. The fraction of sp³-hybridized carbons (Fsp3) is 0.733. The van der Waals surface area contributed by atoms with Crippen molar-refractivity contribution in [2.75, 3.05) is 26.7 Å². The Kier molecular flexibility index (Phi) is 4.22. The Morgan fingerprint density at radius 1 is 1.42 bits per heavy atom. The van der Waals surface area contributed by atoms with E-state index in [1.807, 2.05) is 18.4 Å². The molecular formula is C15H24N2OS. The summed E-state index contributed by atoms with van der Waals surface area (Å²) in [4.78, 5) is 5.67. The van der Waals surface area contributed by atoms with Crippen molar-refractivity contribution in [3.8, 4) is 0 Å². The molecule has 4 heteroatoms. The van der Waals surface area contributed by atoms with Crippen LogP contribution in [0.25, 0.3) is 0 Å². The molecule has 0 amide bonds. The third-order valence-electron chi connectivity index (χ3n) is 4.13. The van der Waals surface area contributed by atoms with E-state index in [0.717, 1.165) is 32.2 Å². The van der Waals surface area contributed by atoms with Crippen LogP contribution in [-0.4, -0.2) is 43.8 Å². The van der Waals surface area contributed by atoms with Crippen LogP contribution in [-0.2, 0) is 11.2 Å². The average Bonchev–Trinajstić information content (AvgIpc) is 3.17. The van der Waals surface area contributed by atoms with Gasteiger partial charge in [-0.3, -0.25) is 4.90 Å². The first-order chi connectivity index (χ1) is 9.33. The Morgan fingerprint density at radius 2 is 2.26 bits per heavy atom. The summed E-state index contributed by atoms with van der Waals surface area (Å²) in [6.45, 7) is 5.14. The number of nitrogens with one attached hydrogen (secondary N) is 1. The number of nitrogens with zero attached hydrogens (tertiary/aromatic N) is 1. The zero-order chi connectivity index (χ0) is 13.2. The lowest BCUT2D eigenvalue weighted by molar-refractivity contribution is -0.0728. The number of rotatable bonds is 5. The Bertz CT molecular complexity index is 414. The van der Waals surface area contributed by atoms with E-state index in [4.69, 9.17) is 4.74 Å². The zero-order valence-corrected chi connectivity index (χ0v) is 12.7. The maximum atomic E-state index is 6.04. The Balaban J connectivity index is 1.84. The highest BCUT2D eigenvalue weighted by Crippen LogP contribution is 2.40. The van der Waals surface area contributed by atoms with E-state index >= 15 is 0 Å². The Hall–Kier alpha value is -0.420. The first-order valence-corrected chi connectivity index (χ1v) is 8.25. The van der Waals surface area contributed by atoms with E-state index < -0.39 is 0 Å². The molecule has 3 nitrogen and oxygen atoms in total. The van der Waals surface area contributed by atoms with Crippen molar-refractivity contribution in [1.82, 2.24) is 10.2 Å². The average molecular weight is 280 g/mol. The van der Waals surface area contributed by atoms with Crippen LogP contribution in [0.15, 0.2) is 12.1 Å². The van der Waals surface area contributed by atoms with E-state index in [0.29, 0.717) is 12.1 Å². The summed E-state index contributed by atoms with van der Waals surface area (Å²) in [6, 6.07) is 5.87. The predicted molar refractivity (Wildman–Crippen MR) is 79.8 cm³/mol.